The maximum atomic E-state index is 11.5. The summed E-state index contributed by atoms with van der Waals surface area (Å²) in [6, 6.07) is 0.209. The normalized spacial score (nSPS) is 16.6. The predicted molar refractivity (Wildman–Crippen MR) is 70.8 cm³/mol. The minimum Gasteiger partial charge on any atom is -0.389 e. The fourth-order valence-electron chi connectivity index (χ4n) is 1.82. The molecule has 1 amide bonds. The molecule has 0 aromatic carbocycles. The van der Waals surface area contributed by atoms with Crippen LogP contribution in [-0.2, 0) is 4.79 Å². The van der Waals surface area contributed by atoms with Crippen molar-refractivity contribution in [2.45, 2.75) is 59.1 Å². The third-order valence-electron chi connectivity index (χ3n) is 2.66. The third-order valence-corrected chi connectivity index (χ3v) is 2.66. The Kier molecular flexibility index (Phi) is 7.39. The van der Waals surface area contributed by atoms with E-state index < -0.39 is 5.60 Å². The lowest BCUT2D eigenvalue weighted by molar-refractivity contribution is -0.121. The quantitative estimate of drug-likeness (QED) is 0.603. The highest BCUT2D eigenvalue weighted by molar-refractivity contribution is 5.78. The molecule has 0 aliphatic heterocycles. The van der Waals surface area contributed by atoms with Gasteiger partial charge in [0.25, 0.3) is 0 Å². The molecular weight excluding hydrogens is 216 g/mol. The van der Waals surface area contributed by atoms with Gasteiger partial charge in [0.1, 0.15) is 0 Å². The van der Waals surface area contributed by atoms with Crippen molar-refractivity contribution in [1.29, 1.82) is 0 Å². The van der Waals surface area contributed by atoms with Crippen LogP contribution in [0.25, 0.3) is 0 Å². The zero-order valence-corrected chi connectivity index (χ0v) is 11.8. The maximum Gasteiger partial charge on any atom is 0.234 e. The van der Waals surface area contributed by atoms with Gasteiger partial charge in [-0.25, -0.2) is 0 Å². The van der Waals surface area contributed by atoms with Gasteiger partial charge in [0, 0.05) is 12.6 Å². The molecule has 0 aliphatic rings. The third kappa shape index (κ3) is 9.12. The van der Waals surface area contributed by atoms with Crippen molar-refractivity contribution >= 4 is 5.91 Å². The molecule has 0 saturated carbocycles. The second kappa shape index (κ2) is 7.67. The van der Waals surface area contributed by atoms with Crippen LogP contribution >= 0.6 is 0 Å². The Morgan fingerprint density at radius 1 is 1.35 bits per heavy atom. The molecule has 0 bridgehead atoms. The topological polar surface area (TPSA) is 61.4 Å². The van der Waals surface area contributed by atoms with Crippen molar-refractivity contribution in [3.8, 4) is 0 Å². The van der Waals surface area contributed by atoms with Gasteiger partial charge in [-0.2, -0.15) is 0 Å². The Hall–Kier alpha value is -0.610. The van der Waals surface area contributed by atoms with Gasteiger partial charge in [-0.05, 0) is 32.6 Å². The first-order valence-electron chi connectivity index (χ1n) is 6.49. The molecule has 0 spiro atoms. The lowest BCUT2D eigenvalue weighted by Gasteiger charge is -2.25. The van der Waals surface area contributed by atoms with E-state index in [1.165, 1.54) is 0 Å². The fourth-order valence-corrected chi connectivity index (χ4v) is 1.82. The average Bonchev–Trinajstić information content (AvgIpc) is 2.14. The average molecular weight is 244 g/mol. The van der Waals surface area contributed by atoms with Gasteiger partial charge >= 0.3 is 0 Å². The van der Waals surface area contributed by atoms with Gasteiger partial charge in [0.2, 0.25) is 5.91 Å². The Bertz CT molecular complexity index is 227. The molecule has 0 rings (SSSR count). The monoisotopic (exact) mass is 244 g/mol. The molecule has 0 heterocycles. The summed E-state index contributed by atoms with van der Waals surface area (Å²) < 4.78 is 0. The van der Waals surface area contributed by atoms with Crippen LogP contribution in [0.1, 0.15) is 47.5 Å². The summed E-state index contributed by atoms with van der Waals surface area (Å²) in [5.74, 6) is 0.431. The number of rotatable bonds is 8. The van der Waals surface area contributed by atoms with Crippen molar-refractivity contribution < 1.29 is 9.90 Å². The van der Waals surface area contributed by atoms with Gasteiger partial charge in [-0.1, -0.05) is 20.8 Å². The molecule has 2 unspecified atom stereocenters. The van der Waals surface area contributed by atoms with E-state index in [-0.39, 0.29) is 18.5 Å². The summed E-state index contributed by atoms with van der Waals surface area (Å²) >= 11 is 0. The van der Waals surface area contributed by atoms with Crippen LogP contribution in [0.3, 0.4) is 0 Å². The van der Waals surface area contributed by atoms with Crippen LogP contribution in [0.4, 0.5) is 0 Å². The lowest BCUT2D eigenvalue weighted by Crippen LogP contribution is -2.44. The predicted octanol–water partition coefficient (Wildman–Crippen LogP) is 1.29. The summed E-state index contributed by atoms with van der Waals surface area (Å²) in [6.07, 6.45) is 1.66. The van der Waals surface area contributed by atoms with Crippen LogP contribution in [-0.4, -0.2) is 35.7 Å². The summed E-state index contributed by atoms with van der Waals surface area (Å²) in [5, 5.41) is 15.9. The molecule has 17 heavy (non-hydrogen) atoms. The highest BCUT2D eigenvalue weighted by atomic mass is 16.3. The van der Waals surface area contributed by atoms with Crippen LogP contribution in [0.2, 0.25) is 0 Å². The van der Waals surface area contributed by atoms with Gasteiger partial charge in [-0.15, -0.1) is 0 Å². The first-order chi connectivity index (χ1) is 7.76. The highest BCUT2D eigenvalue weighted by Crippen LogP contribution is 2.14. The number of hydrogen-bond acceptors (Lipinski definition) is 3. The number of nitrogens with one attached hydrogen (secondary N) is 2. The zero-order valence-electron chi connectivity index (χ0n) is 11.8. The van der Waals surface area contributed by atoms with Crippen LogP contribution in [0, 0.1) is 5.92 Å². The molecule has 0 aliphatic carbocycles. The maximum absolute atomic E-state index is 11.5. The van der Waals surface area contributed by atoms with Crippen LogP contribution in [0.15, 0.2) is 0 Å². The van der Waals surface area contributed by atoms with Crippen LogP contribution in [0.5, 0.6) is 0 Å². The number of amides is 1. The molecule has 3 N–H and O–H groups in total. The van der Waals surface area contributed by atoms with E-state index in [9.17, 15) is 9.90 Å². The van der Waals surface area contributed by atoms with Crippen molar-refractivity contribution in [2.75, 3.05) is 13.1 Å². The Labute approximate surface area is 105 Å². The molecule has 0 fully saturated rings. The van der Waals surface area contributed by atoms with Gasteiger partial charge in [0.05, 0.1) is 12.1 Å². The van der Waals surface area contributed by atoms with Gasteiger partial charge in [-0.3, -0.25) is 4.79 Å². The largest absolute Gasteiger partial charge is 0.389 e. The van der Waals surface area contributed by atoms with Crippen molar-refractivity contribution in [3.05, 3.63) is 0 Å². The number of carbonyl (C=O) groups excluding carboxylic acids is 1. The van der Waals surface area contributed by atoms with E-state index in [1.54, 1.807) is 6.92 Å². The van der Waals surface area contributed by atoms with E-state index >= 15 is 0 Å². The van der Waals surface area contributed by atoms with E-state index in [2.05, 4.69) is 24.5 Å². The van der Waals surface area contributed by atoms with E-state index in [0.717, 1.165) is 12.8 Å². The van der Waals surface area contributed by atoms with E-state index in [1.807, 2.05) is 13.8 Å². The van der Waals surface area contributed by atoms with Crippen molar-refractivity contribution in [1.82, 2.24) is 10.6 Å². The molecular formula is C13H28N2O2. The number of aliphatic hydroxyl groups is 1. The minimum absolute atomic E-state index is 0.0142. The van der Waals surface area contributed by atoms with E-state index in [4.69, 9.17) is 0 Å². The highest BCUT2D eigenvalue weighted by Gasteiger charge is 2.21. The summed E-state index contributed by atoms with van der Waals surface area (Å²) in [7, 11) is 0. The summed E-state index contributed by atoms with van der Waals surface area (Å²) in [4.78, 5) is 11.5. The Morgan fingerprint density at radius 3 is 2.41 bits per heavy atom. The SMILES string of the molecule is CCC(C)NC(=O)CNCC(C)(O)CC(C)C. The van der Waals surface area contributed by atoms with E-state index in [0.29, 0.717) is 12.5 Å². The lowest BCUT2D eigenvalue weighted by atomic mass is 9.94. The van der Waals surface area contributed by atoms with Gasteiger partial charge in [0.15, 0.2) is 0 Å². The standard InChI is InChI=1S/C13H28N2O2/c1-6-11(4)15-12(16)8-14-9-13(5,17)7-10(2)3/h10-11,14,17H,6-9H2,1-5H3,(H,15,16). The minimum atomic E-state index is -0.745. The molecule has 4 heteroatoms. The molecule has 0 saturated heterocycles. The first kappa shape index (κ1) is 16.4. The molecule has 2 atom stereocenters. The molecule has 4 nitrogen and oxygen atoms in total. The first-order valence-corrected chi connectivity index (χ1v) is 6.49. The smallest absolute Gasteiger partial charge is 0.234 e. The van der Waals surface area contributed by atoms with Crippen molar-refractivity contribution in [3.63, 3.8) is 0 Å². The molecule has 0 aromatic rings. The molecule has 102 valence electrons. The van der Waals surface area contributed by atoms with Gasteiger partial charge < -0.3 is 15.7 Å². The number of hydrogen-bond donors (Lipinski definition) is 3. The van der Waals surface area contributed by atoms with Crippen molar-refractivity contribution in [2.24, 2.45) is 5.92 Å². The molecule has 0 radical (unpaired) electrons. The second-order valence-electron chi connectivity index (χ2n) is 5.58. The Balaban J connectivity index is 3.79. The molecule has 0 aromatic heterocycles. The van der Waals surface area contributed by atoms with Crippen LogP contribution < -0.4 is 10.6 Å². The Morgan fingerprint density at radius 2 is 1.94 bits per heavy atom. The second-order valence-corrected chi connectivity index (χ2v) is 5.58. The zero-order chi connectivity index (χ0) is 13.5. The summed E-state index contributed by atoms with van der Waals surface area (Å²) in [5.41, 5.74) is -0.745. The summed E-state index contributed by atoms with van der Waals surface area (Å²) in [6.45, 7) is 10.7. The number of carbonyl (C=O) groups is 1. The fraction of sp³-hybridized carbons (Fsp3) is 0.923.